The lowest BCUT2D eigenvalue weighted by Gasteiger charge is -2.33. The average molecular weight is 412 g/mol. The molecule has 156 valence electrons. The quantitative estimate of drug-likeness (QED) is 0.760. The van der Waals surface area contributed by atoms with Crippen molar-refractivity contribution in [3.8, 4) is 0 Å². The Hall–Kier alpha value is -2.65. The summed E-state index contributed by atoms with van der Waals surface area (Å²) in [6.07, 6.45) is 0.247. The molecule has 2 aliphatic rings. The maximum absolute atomic E-state index is 14.1. The van der Waals surface area contributed by atoms with Crippen LogP contribution in [0.15, 0.2) is 12.3 Å². The molecular weight excluding hydrogens is 392 g/mol. The average Bonchev–Trinajstić information content (AvgIpc) is 3.25. The van der Waals surface area contributed by atoms with Crippen LogP contribution in [-0.4, -0.2) is 45.8 Å². The van der Waals surface area contributed by atoms with Crippen LogP contribution in [0.1, 0.15) is 48.8 Å². The van der Waals surface area contributed by atoms with E-state index in [0.717, 1.165) is 25.1 Å². The number of hydrogen-bond donors (Lipinski definition) is 2. The molecule has 1 aliphatic heterocycles. The molecule has 0 unspecified atom stereocenters. The number of nitrogens with zero attached hydrogens (tertiary/aromatic N) is 2. The van der Waals surface area contributed by atoms with Crippen molar-refractivity contribution in [3.63, 3.8) is 0 Å². The summed E-state index contributed by atoms with van der Waals surface area (Å²) in [7, 11) is 0. The number of hydrogen-bond acceptors (Lipinski definition) is 3. The maximum atomic E-state index is 14.1. The first-order valence-corrected chi connectivity index (χ1v) is 9.44. The largest absolute Gasteiger partial charge is 0.436 e. The van der Waals surface area contributed by atoms with Crippen molar-refractivity contribution in [2.75, 3.05) is 13.1 Å². The standard InChI is InChI=1S/C19H20F4N4O2/c1-10(17(29)27-6-4-18(2-3-18)5-7-27)25-16(28)12-8-11-13(26-12)9-24-15(14(11)20)19(21,22)23/h8-10,26H,2-7H2,1H3,(H,25,28)/t10-/m0/s1. The summed E-state index contributed by atoms with van der Waals surface area (Å²) in [5.41, 5.74) is -1.40. The highest BCUT2D eigenvalue weighted by atomic mass is 19.4. The molecule has 4 rings (SSSR count). The predicted molar refractivity (Wildman–Crippen MR) is 95.5 cm³/mol. The van der Waals surface area contributed by atoms with Crippen molar-refractivity contribution >= 4 is 22.7 Å². The van der Waals surface area contributed by atoms with Gasteiger partial charge in [-0.3, -0.25) is 9.59 Å². The van der Waals surface area contributed by atoms with E-state index in [1.807, 2.05) is 0 Å². The van der Waals surface area contributed by atoms with Gasteiger partial charge in [0.05, 0.1) is 11.7 Å². The molecule has 0 bridgehead atoms. The lowest BCUT2D eigenvalue weighted by atomic mass is 9.93. The molecule has 6 nitrogen and oxygen atoms in total. The summed E-state index contributed by atoms with van der Waals surface area (Å²) >= 11 is 0. The Morgan fingerprint density at radius 3 is 2.48 bits per heavy atom. The highest BCUT2D eigenvalue weighted by Gasteiger charge is 2.45. The second-order valence-corrected chi connectivity index (χ2v) is 7.95. The van der Waals surface area contributed by atoms with E-state index in [1.54, 1.807) is 11.8 Å². The Labute approximate surface area is 163 Å². The molecule has 1 atom stereocenters. The molecule has 2 aromatic heterocycles. The van der Waals surface area contributed by atoms with Crippen LogP contribution in [0.5, 0.6) is 0 Å². The number of aromatic amines is 1. The molecule has 1 spiro atoms. The molecule has 2 N–H and O–H groups in total. The van der Waals surface area contributed by atoms with E-state index < -0.39 is 29.6 Å². The fraction of sp³-hybridized carbons (Fsp3) is 0.526. The van der Waals surface area contributed by atoms with Crippen molar-refractivity contribution in [1.82, 2.24) is 20.2 Å². The number of piperidine rings is 1. The first-order valence-electron chi connectivity index (χ1n) is 9.44. The van der Waals surface area contributed by atoms with Gasteiger partial charge in [-0.15, -0.1) is 0 Å². The Balaban J connectivity index is 1.45. The first kappa shape index (κ1) is 19.7. The molecular formula is C19H20F4N4O2. The van der Waals surface area contributed by atoms with Gasteiger partial charge in [0.15, 0.2) is 11.5 Å². The van der Waals surface area contributed by atoms with E-state index in [2.05, 4.69) is 15.3 Å². The van der Waals surface area contributed by atoms with E-state index in [0.29, 0.717) is 18.5 Å². The van der Waals surface area contributed by atoms with E-state index in [4.69, 9.17) is 0 Å². The highest BCUT2D eigenvalue weighted by Crippen LogP contribution is 2.53. The van der Waals surface area contributed by atoms with E-state index in [9.17, 15) is 27.2 Å². The molecule has 0 aromatic carbocycles. The number of alkyl halides is 3. The SMILES string of the molecule is C[C@H](NC(=O)c1cc2c(F)c(C(F)(F)F)ncc2[nH]1)C(=O)N1CCC2(CC1)CC2. The van der Waals surface area contributed by atoms with Crippen molar-refractivity contribution in [2.45, 2.75) is 44.8 Å². The van der Waals surface area contributed by atoms with Gasteiger partial charge in [-0.05, 0) is 44.1 Å². The number of halogens is 4. The molecule has 10 heteroatoms. The third-order valence-corrected chi connectivity index (χ3v) is 5.94. The predicted octanol–water partition coefficient (Wildman–Crippen LogP) is 3.24. The fourth-order valence-corrected chi connectivity index (χ4v) is 3.88. The van der Waals surface area contributed by atoms with Gasteiger partial charge in [0.2, 0.25) is 5.91 Å². The third kappa shape index (κ3) is 3.67. The van der Waals surface area contributed by atoms with Gasteiger partial charge in [-0.25, -0.2) is 9.37 Å². The molecule has 0 radical (unpaired) electrons. The summed E-state index contributed by atoms with van der Waals surface area (Å²) < 4.78 is 52.5. The van der Waals surface area contributed by atoms with Gasteiger partial charge in [0.1, 0.15) is 11.7 Å². The minimum atomic E-state index is -4.94. The number of pyridine rings is 1. The van der Waals surface area contributed by atoms with Crippen LogP contribution in [0, 0.1) is 11.2 Å². The van der Waals surface area contributed by atoms with Crippen LogP contribution in [-0.2, 0) is 11.0 Å². The highest BCUT2D eigenvalue weighted by molar-refractivity contribution is 6.00. The maximum Gasteiger partial charge on any atom is 0.436 e. The van der Waals surface area contributed by atoms with Gasteiger partial charge >= 0.3 is 6.18 Å². The van der Waals surface area contributed by atoms with Crippen molar-refractivity contribution in [3.05, 3.63) is 29.5 Å². The third-order valence-electron chi connectivity index (χ3n) is 5.94. The van der Waals surface area contributed by atoms with Gasteiger partial charge < -0.3 is 15.2 Å². The van der Waals surface area contributed by atoms with Gasteiger partial charge in [0, 0.05) is 18.5 Å². The van der Waals surface area contributed by atoms with Gasteiger partial charge in [-0.2, -0.15) is 13.2 Å². The number of rotatable bonds is 3. The van der Waals surface area contributed by atoms with Crippen LogP contribution < -0.4 is 5.32 Å². The molecule has 1 saturated carbocycles. The first-order chi connectivity index (χ1) is 13.6. The minimum absolute atomic E-state index is 0.0367. The molecule has 3 heterocycles. The summed E-state index contributed by atoms with van der Waals surface area (Å²) in [5.74, 6) is -2.46. The van der Waals surface area contributed by atoms with E-state index >= 15 is 0 Å². The van der Waals surface area contributed by atoms with Crippen LogP contribution in [0.25, 0.3) is 10.9 Å². The molecule has 2 amide bonds. The topological polar surface area (TPSA) is 78.1 Å². The number of aromatic nitrogens is 2. The second-order valence-electron chi connectivity index (χ2n) is 7.95. The Morgan fingerprint density at radius 1 is 1.24 bits per heavy atom. The van der Waals surface area contributed by atoms with Crippen molar-refractivity contribution in [2.24, 2.45) is 5.41 Å². The summed E-state index contributed by atoms with van der Waals surface area (Å²) in [5, 5.41) is 2.14. The minimum Gasteiger partial charge on any atom is -0.349 e. The normalized spacial score (nSPS) is 19.4. The van der Waals surface area contributed by atoms with Crippen LogP contribution >= 0.6 is 0 Å². The fourth-order valence-electron chi connectivity index (χ4n) is 3.88. The lowest BCUT2D eigenvalue weighted by Crippen LogP contribution is -2.49. The number of amides is 2. The van der Waals surface area contributed by atoms with E-state index in [-0.39, 0.29) is 22.5 Å². The van der Waals surface area contributed by atoms with E-state index in [1.165, 1.54) is 12.8 Å². The molecule has 2 aromatic rings. The Kier molecular flexibility index (Phi) is 4.54. The zero-order valence-electron chi connectivity index (χ0n) is 15.7. The second kappa shape index (κ2) is 6.70. The summed E-state index contributed by atoms with van der Waals surface area (Å²) in [6.45, 7) is 2.86. The van der Waals surface area contributed by atoms with Crippen molar-refractivity contribution in [1.29, 1.82) is 0 Å². The summed E-state index contributed by atoms with van der Waals surface area (Å²) in [6, 6.07) is 0.183. The molecule has 29 heavy (non-hydrogen) atoms. The zero-order chi connectivity index (χ0) is 21.0. The Bertz CT molecular complexity index is 970. The number of carbonyl (C=O) groups excluding carboxylic acids is 2. The van der Waals surface area contributed by atoms with Crippen molar-refractivity contribution < 1.29 is 27.2 Å². The number of nitrogens with one attached hydrogen (secondary N) is 2. The van der Waals surface area contributed by atoms with Crippen LogP contribution in [0.4, 0.5) is 17.6 Å². The smallest absolute Gasteiger partial charge is 0.349 e. The van der Waals surface area contributed by atoms with Crippen LogP contribution in [0.3, 0.4) is 0 Å². The molecule has 2 fully saturated rings. The lowest BCUT2D eigenvalue weighted by molar-refractivity contribution is -0.143. The number of fused-ring (bicyclic) bond motifs is 1. The van der Waals surface area contributed by atoms with Gasteiger partial charge in [-0.1, -0.05) is 0 Å². The summed E-state index contributed by atoms with van der Waals surface area (Å²) in [4.78, 5) is 32.4. The monoisotopic (exact) mass is 412 g/mol. The molecule has 1 aliphatic carbocycles. The van der Waals surface area contributed by atoms with Gasteiger partial charge in [0.25, 0.3) is 5.91 Å². The number of H-pyrrole nitrogens is 1. The number of likely N-dealkylation sites (tertiary alicyclic amines) is 1. The zero-order valence-corrected chi connectivity index (χ0v) is 15.7. The van der Waals surface area contributed by atoms with Crippen LogP contribution in [0.2, 0.25) is 0 Å². The molecule has 1 saturated heterocycles. The number of carbonyl (C=O) groups is 2. The Morgan fingerprint density at radius 2 is 1.90 bits per heavy atom.